The zero-order valence-corrected chi connectivity index (χ0v) is 10.8. The van der Waals surface area contributed by atoms with Gasteiger partial charge in [-0.2, -0.15) is 0 Å². The minimum atomic E-state index is -0.303. The molecule has 1 atom stereocenters. The van der Waals surface area contributed by atoms with Gasteiger partial charge in [-0.05, 0) is 37.1 Å². The summed E-state index contributed by atoms with van der Waals surface area (Å²) in [4.78, 5) is 12.5. The molecular weight excluding hydrogens is 261 g/mol. The number of carbonyl (C=O) groups excluding carboxylic acids is 1. The van der Waals surface area contributed by atoms with Crippen LogP contribution in [0.3, 0.4) is 0 Å². The molecule has 104 valence electrons. The highest BCUT2D eigenvalue weighted by Crippen LogP contribution is 2.27. The van der Waals surface area contributed by atoms with Gasteiger partial charge >= 0.3 is 0 Å². The second kappa shape index (κ2) is 5.40. The standard InChI is InChI=1S/C14H14FN3O2/c15-12-5-3-10(4-6-12)13-16-17-14(20-13)11-2-1-7-18(8-11)9-19/h3-6,9,11H,1-2,7-8H2. The van der Waals surface area contributed by atoms with Crippen molar-refractivity contribution in [1.82, 2.24) is 15.1 Å². The summed E-state index contributed by atoms with van der Waals surface area (Å²) in [7, 11) is 0. The molecule has 20 heavy (non-hydrogen) atoms. The van der Waals surface area contributed by atoms with Gasteiger partial charge in [0.2, 0.25) is 18.2 Å². The lowest BCUT2D eigenvalue weighted by Gasteiger charge is -2.27. The van der Waals surface area contributed by atoms with E-state index in [2.05, 4.69) is 10.2 Å². The lowest BCUT2D eigenvalue weighted by molar-refractivity contribution is -0.119. The van der Waals surface area contributed by atoms with Crippen molar-refractivity contribution in [3.63, 3.8) is 0 Å². The van der Waals surface area contributed by atoms with Gasteiger partial charge in [-0.3, -0.25) is 4.79 Å². The van der Waals surface area contributed by atoms with Crippen molar-refractivity contribution in [2.24, 2.45) is 0 Å². The van der Waals surface area contributed by atoms with Crippen LogP contribution in [0.1, 0.15) is 24.7 Å². The van der Waals surface area contributed by atoms with Gasteiger partial charge in [0.05, 0.1) is 5.92 Å². The van der Waals surface area contributed by atoms with Crippen LogP contribution in [0.15, 0.2) is 28.7 Å². The summed E-state index contributed by atoms with van der Waals surface area (Å²) in [6.07, 6.45) is 2.70. The van der Waals surface area contributed by atoms with Crippen LogP contribution in [-0.4, -0.2) is 34.6 Å². The van der Waals surface area contributed by atoms with E-state index in [1.54, 1.807) is 17.0 Å². The second-order valence-corrected chi connectivity index (χ2v) is 4.89. The maximum Gasteiger partial charge on any atom is 0.247 e. The minimum absolute atomic E-state index is 0.0793. The molecule has 0 spiro atoms. The minimum Gasteiger partial charge on any atom is -0.420 e. The maximum atomic E-state index is 12.9. The molecule has 2 aromatic rings. The van der Waals surface area contributed by atoms with Crippen LogP contribution in [0.5, 0.6) is 0 Å². The molecule has 5 nitrogen and oxygen atoms in total. The summed E-state index contributed by atoms with van der Waals surface area (Å²) in [5.41, 5.74) is 0.688. The second-order valence-electron chi connectivity index (χ2n) is 4.89. The maximum absolute atomic E-state index is 12.9. The molecular formula is C14H14FN3O2. The molecule has 1 unspecified atom stereocenters. The number of hydrogen-bond donors (Lipinski definition) is 0. The quantitative estimate of drug-likeness (QED) is 0.806. The molecule has 1 fully saturated rings. The molecule has 0 radical (unpaired) electrons. The summed E-state index contributed by atoms with van der Waals surface area (Å²) in [6, 6.07) is 5.92. The first-order valence-corrected chi connectivity index (χ1v) is 6.55. The molecule has 0 bridgehead atoms. The Labute approximate surface area is 115 Å². The van der Waals surface area contributed by atoms with E-state index >= 15 is 0 Å². The molecule has 0 N–H and O–H groups in total. The topological polar surface area (TPSA) is 59.2 Å². The fourth-order valence-corrected chi connectivity index (χ4v) is 2.41. The Morgan fingerprint density at radius 3 is 2.85 bits per heavy atom. The Morgan fingerprint density at radius 1 is 1.30 bits per heavy atom. The summed E-state index contributed by atoms with van der Waals surface area (Å²) in [6.45, 7) is 1.38. The molecule has 1 aliphatic rings. The summed E-state index contributed by atoms with van der Waals surface area (Å²) < 4.78 is 18.5. The first kappa shape index (κ1) is 12.8. The molecule has 1 saturated heterocycles. The normalized spacial score (nSPS) is 19.1. The third-order valence-corrected chi connectivity index (χ3v) is 3.48. The van der Waals surface area contributed by atoms with Gasteiger partial charge in [-0.15, -0.1) is 10.2 Å². The highest BCUT2D eigenvalue weighted by atomic mass is 19.1. The van der Waals surface area contributed by atoms with Crippen molar-refractivity contribution >= 4 is 6.41 Å². The van der Waals surface area contributed by atoms with Crippen molar-refractivity contribution in [3.05, 3.63) is 36.0 Å². The Bertz CT molecular complexity index is 597. The smallest absolute Gasteiger partial charge is 0.247 e. The number of nitrogens with zero attached hydrogens (tertiary/aromatic N) is 3. The number of amides is 1. The average Bonchev–Trinajstić information content (AvgIpc) is 2.98. The Balaban J connectivity index is 1.79. The number of aromatic nitrogens is 2. The zero-order chi connectivity index (χ0) is 13.9. The average molecular weight is 275 g/mol. The first-order valence-electron chi connectivity index (χ1n) is 6.55. The fraction of sp³-hybridized carbons (Fsp3) is 0.357. The molecule has 1 amide bonds. The number of carbonyl (C=O) groups is 1. The van der Waals surface area contributed by atoms with Crippen LogP contribution < -0.4 is 0 Å². The number of likely N-dealkylation sites (tertiary alicyclic amines) is 1. The molecule has 0 saturated carbocycles. The van der Waals surface area contributed by atoms with Crippen LogP contribution in [-0.2, 0) is 4.79 Å². The third kappa shape index (κ3) is 2.54. The van der Waals surface area contributed by atoms with Gasteiger partial charge in [0.25, 0.3) is 0 Å². The van der Waals surface area contributed by atoms with Crippen LogP contribution in [0.2, 0.25) is 0 Å². The molecule has 6 heteroatoms. The summed E-state index contributed by atoms with van der Waals surface area (Å²) in [5, 5.41) is 8.05. The highest BCUT2D eigenvalue weighted by Gasteiger charge is 2.25. The van der Waals surface area contributed by atoms with Crippen molar-refractivity contribution in [2.75, 3.05) is 13.1 Å². The molecule has 1 aliphatic heterocycles. The number of benzene rings is 1. The highest BCUT2D eigenvalue weighted by molar-refractivity contribution is 5.52. The monoisotopic (exact) mass is 275 g/mol. The van der Waals surface area contributed by atoms with Crippen LogP contribution in [0, 0.1) is 5.82 Å². The number of piperidine rings is 1. The number of rotatable bonds is 3. The Morgan fingerprint density at radius 2 is 2.10 bits per heavy atom. The lowest BCUT2D eigenvalue weighted by Crippen LogP contribution is -2.33. The largest absolute Gasteiger partial charge is 0.420 e. The predicted octanol–water partition coefficient (Wildman–Crippen LogP) is 2.21. The van der Waals surface area contributed by atoms with E-state index in [1.807, 2.05) is 0 Å². The number of halogens is 1. The van der Waals surface area contributed by atoms with E-state index in [9.17, 15) is 9.18 Å². The molecule has 1 aromatic heterocycles. The van der Waals surface area contributed by atoms with Gasteiger partial charge in [0, 0.05) is 18.7 Å². The van der Waals surface area contributed by atoms with E-state index < -0.39 is 0 Å². The van der Waals surface area contributed by atoms with Crippen LogP contribution in [0.4, 0.5) is 4.39 Å². The van der Waals surface area contributed by atoms with E-state index in [-0.39, 0.29) is 11.7 Å². The van der Waals surface area contributed by atoms with E-state index in [0.717, 1.165) is 25.8 Å². The van der Waals surface area contributed by atoms with E-state index in [0.29, 0.717) is 23.9 Å². The van der Waals surface area contributed by atoms with Crippen molar-refractivity contribution in [1.29, 1.82) is 0 Å². The van der Waals surface area contributed by atoms with E-state index in [1.165, 1.54) is 12.1 Å². The van der Waals surface area contributed by atoms with Crippen molar-refractivity contribution in [2.45, 2.75) is 18.8 Å². The molecule has 0 aliphatic carbocycles. The zero-order valence-electron chi connectivity index (χ0n) is 10.8. The van der Waals surface area contributed by atoms with Crippen molar-refractivity contribution in [3.8, 4) is 11.5 Å². The van der Waals surface area contributed by atoms with Gasteiger partial charge < -0.3 is 9.32 Å². The van der Waals surface area contributed by atoms with Crippen molar-refractivity contribution < 1.29 is 13.6 Å². The SMILES string of the molecule is O=CN1CCCC(c2nnc(-c3ccc(F)cc3)o2)C1. The lowest BCUT2D eigenvalue weighted by atomic mass is 9.99. The number of hydrogen-bond acceptors (Lipinski definition) is 4. The summed E-state index contributed by atoms with van der Waals surface area (Å²) in [5.74, 6) is 0.692. The molecule has 2 heterocycles. The van der Waals surface area contributed by atoms with Gasteiger partial charge in [0.1, 0.15) is 5.82 Å². The Kier molecular flexibility index (Phi) is 3.45. The van der Waals surface area contributed by atoms with Gasteiger partial charge in [-0.1, -0.05) is 0 Å². The fourth-order valence-electron chi connectivity index (χ4n) is 2.41. The summed E-state index contributed by atoms with van der Waals surface area (Å²) >= 11 is 0. The molecule has 3 rings (SSSR count). The van der Waals surface area contributed by atoms with Crippen LogP contribution in [0.25, 0.3) is 11.5 Å². The van der Waals surface area contributed by atoms with E-state index in [4.69, 9.17) is 4.42 Å². The molecule has 1 aromatic carbocycles. The van der Waals surface area contributed by atoms with Gasteiger partial charge in [0.15, 0.2) is 0 Å². The first-order chi connectivity index (χ1) is 9.76. The predicted molar refractivity (Wildman–Crippen MR) is 69.3 cm³/mol. The third-order valence-electron chi connectivity index (χ3n) is 3.48. The van der Waals surface area contributed by atoms with Crippen LogP contribution >= 0.6 is 0 Å². The van der Waals surface area contributed by atoms with Gasteiger partial charge in [-0.25, -0.2) is 4.39 Å². The Hall–Kier alpha value is -2.24.